The van der Waals surface area contributed by atoms with Gasteiger partial charge in [0, 0.05) is 12.8 Å². The molecule has 6 heteroatoms. The lowest BCUT2D eigenvalue weighted by molar-refractivity contribution is -0.166. The molecule has 0 fully saturated rings. The first-order chi connectivity index (χ1) is 31.0. The SMILES string of the molecule is CC/C=C\C/C=C\C/C=C\CC(=O)OCC(COC(=O)CCCCCCCCCCCCCCCCCCCCC)OC(=O)CCC/C=C\C/C=C\C/C=C\C/C=C\CCCCC. The maximum absolute atomic E-state index is 12.7. The van der Waals surface area contributed by atoms with Gasteiger partial charge in [-0.05, 0) is 70.6 Å². The van der Waals surface area contributed by atoms with Crippen LogP contribution in [0, 0.1) is 0 Å². The van der Waals surface area contributed by atoms with Crippen molar-refractivity contribution < 1.29 is 28.6 Å². The lowest BCUT2D eigenvalue weighted by Crippen LogP contribution is -2.30. The minimum Gasteiger partial charge on any atom is -0.462 e. The Morgan fingerprint density at radius 1 is 0.349 bits per heavy atom. The van der Waals surface area contributed by atoms with Gasteiger partial charge in [0.05, 0.1) is 6.42 Å². The van der Waals surface area contributed by atoms with Crippen LogP contribution in [0.4, 0.5) is 0 Å². The second-order valence-corrected chi connectivity index (χ2v) is 17.1. The highest BCUT2D eigenvalue weighted by Gasteiger charge is 2.19. The Kier molecular flexibility index (Phi) is 48.5. The van der Waals surface area contributed by atoms with Gasteiger partial charge < -0.3 is 14.2 Å². The topological polar surface area (TPSA) is 78.9 Å². The zero-order valence-electron chi connectivity index (χ0n) is 41.1. The third-order valence-electron chi connectivity index (χ3n) is 10.9. The summed E-state index contributed by atoms with van der Waals surface area (Å²) in [4.78, 5) is 37.8. The van der Waals surface area contributed by atoms with Crippen molar-refractivity contribution in [1.82, 2.24) is 0 Å². The molecule has 0 saturated heterocycles. The lowest BCUT2D eigenvalue weighted by Gasteiger charge is -2.18. The molecule has 63 heavy (non-hydrogen) atoms. The molecule has 0 bridgehead atoms. The second kappa shape index (κ2) is 51.2. The van der Waals surface area contributed by atoms with Gasteiger partial charge in [0.2, 0.25) is 0 Å². The van der Waals surface area contributed by atoms with Gasteiger partial charge in [-0.3, -0.25) is 14.4 Å². The third kappa shape index (κ3) is 49.5. The number of rotatable bonds is 46. The summed E-state index contributed by atoms with van der Waals surface area (Å²) in [7, 11) is 0. The Morgan fingerprint density at radius 2 is 0.698 bits per heavy atom. The van der Waals surface area contributed by atoms with E-state index in [9.17, 15) is 14.4 Å². The number of hydrogen-bond acceptors (Lipinski definition) is 6. The summed E-state index contributed by atoms with van der Waals surface area (Å²) in [5.74, 6) is -1.11. The molecule has 0 aromatic carbocycles. The number of hydrogen-bond donors (Lipinski definition) is 0. The smallest absolute Gasteiger partial charge is 0.309 e. The normalized spacial score (nSPS) is 12.7. The van der Waals surface area contributed by atoms with Crippen molar-refractivity contribution in [2.75, 3.05) is 13.2 Å². The van der Waals surface area contributed by atoms with Crippen LogP contribution in [0.3, 0.4) is 0 Å². The number of carbonyl (C=O) groups is 3. The summed E-state index contributed by atoms with van der Waals surface area (Å²) in [6, 6.07) is 0. The Hall–Kier alpha value is -3.41. The van der Waals surface area contributed by atoms with E-state index >= 15 is 0 Å². The molecule has 0 radical (unpaired) electrons. The Balaban J connectivity index is 4.41. The molecule has 360 valence electrons. The minimum absolute atomic E-state index is 0.124. The fourth-order valence-electron chi connectivity index (χ4n) is 7.03. The number of carbonyl (C=O) groups excluding carboxylic acids is 3. The lowest BCUT2D eigenvalue weighted by atomic mass is 10.0. The first-order valence-electron chi connectivity index (χ1n) is 26.1. The van der Waals surface area contributed by atoms with E-state index in [1.54, 1.807) is 6.08 Å². The van der Waals surface area contributed by atoms with Crippen molar-refractivity contribution in [3.8, 4) is 0 Å². The molecule has 0 aromatic rings. The summed E-state index contributed by atoms with van der Waals surface area (Å²) in [6.45, 7) is 6.35. The average molecular weight is 877 g/mol. The molecule has 6 nitrogen and oxygen atoms in total. The standard InChI is InChI=1S/C57H96O6/c1-4-7-10-13-16-19-21-23-25-27-28-30-31-33-35-38-41-44-47-50-56(59)62-53-54(52-61-55(58)49-46-43-40-37-18-15-12-9-6-3)63-57(60)51-48-45-42-39-36-34-32-29-26-24-22-20-17-14-11-8-5-2/h9,12,17-18,20,24,26,32,34,37,39,42-43,46,54H,4-8,10-11,13-16,19,21-23,25,27-31,33,35-36,38,40-41,44-45,47-53H2,1-3H3/b12-9-,20-17-,26-24-,34-32-,37-18-,42-39-,46-43-. The van der Waals surface area contributed by atoms with Crippen molar-refractivity contribution in [2.24, 2.45) is 0 Å². The average Bonchev–Trinajstić information content (AvgIpc) is 3.28. The monoisotopic (exact) mass is 877 g/mol. The number of unbranched alkanes of at least 4 members (excludes halogenated alkanes) is 22. The highest BCUT2D eigenvalue weighted by atomic mass is 16.6. The van der Waals surface area contributed by atoms with Crippen LogP contribution in [-0.2, 0) is 28.6 Å². The zero-order chi connectivity index (χ0) is 45.8. The highest BCUT2D eigenvalue weighted by Crippen LogP contribution is 2.15. The second-order valence-electron chi connectivity index (χ2n) is 17.1. The molecule has 1 atom stereocenters. The highest BCUT2D eigenvalue weighted by molar-refractivity contribution is 5.72. The molecule has 0 aliphatic rings. The molecule has 0 aliphatic heterocycles. The van der Waals surface area contributed by atoms with E-state index in [1.807, 2.05) is 6.08 Å². The van der Waals surface area contributed by atoms with Crippen LogP contribution in [0.1, 0.15) is 239 Å². The Labute approximate surface area is 388 Å². The van der Waals surface area contributed by atoms with E-state index in [0.717, 1.165) is 64.2 Å². The van der Waals surface area contributed by atoms with Crippen LogP contribution < -0.4 is 0 Å². The zero-order valence-corrected chi connectivity index (χ0v) is 41.1. The van der Waals surface area contributed by atoms with Crippen LogP contribution in [-0.4, -0.2) is 37.2 Å². The predicted octanol–water partition coefficient (Wildman–Crippen LogP) is 17.2. The summed E-state index contributed by atoms with van der Waals surface area (Å²) in [5, 5.41) is 0. The van der Waals surface area contributed by atoms with Crippen molar-refractivity contribution in [1.29, 1.82) is 0 Å². The molecule has 0 rings (SSSR count). The molecule has 1 unspecified atom stereocenters. The van der Waals surface area contributed by atoms with Crippen molar-refractivity contribution in [3.05, 3.63) is 85.1 Å². The number of allylic oxidation sites excluding steroid dienone is 13. The summed E-state index contributed by atoms with van der Waals surface area (Å²) < 4.78 is 16.6. The summed E-state index contributed by atoms with van der Waals surface area (Å²) in [5.41, 5.74) is 0. The van der Waals surface area contributed by atoms with Gasteiger partial charge >= 0.3 is 17.9 Å². The van der Waals surface area contributed by atoms with Gasteiger partial charge in [0.25, 0.3) is 0 Å². The van der Waals surface area contributed by atoms with E-state index in [2.05, 4.69) is 93.7 Å². The van der Waals surface area contributed by atoms with Crippen LogP contribution in [0.25, 0.3) is 0 Å². The molecule has 0 aromatic heterocycles. The largest absolute Gasteiger partial charge is 0.462 e. The molecule has 0 heterocycles. The van der Waals surface area contributed by atoms with Crippen molar-refractivity contribution in [2.45, 2.75) is 245 Å². The molecule has 0 spiro atoms. The van der Waals surface area contributed by atoms with Crippen LogP contribution in [0.2, 0.25) is 0 Å². The summed E-state index contributed by atoms with van der Waals surface area (Å²) in [6.07, 6.45) is 66.2. The van der Waals surface area contributed by atoms with Crippen molar-refractivity contribution in [3.63, 3.8) is 0 Å². The Morgan fingerprint density at radius 3 is 1.16 bits per heavy atom. The Bertz CT molecular complexity index is 1240. The number of esters is 3. The van der Waals surface area contributed by atoms with Gasteiger partial charge in [-0.2, -0.15) is 0 Å². The molecular formula is C57H96O6. The van der Waals surface area contributed by atoms with E-state index in [1.165, 1.54) is 128 Å². The van der Waals surface area contributed by atoms with E-state index in [4.69, 9.17) is 14.2 Å². The van der Waals surface area contributed by atoms with Gasteiger partial charge in [0.1, 0.15) is 13.2 Å². The third-order valence-corrected chi connectivity index (χ3v) is 10.9. The first-order valence-corrected chi connectivity index (χ1v) is 26.1. The van der Waals surface area contributed by atoms with Gasteiger partial charge in [-0.1, -0.05) is 234 Å². The van der Waals surface area contributed by atoms with Gasteiger partial charge in [-0.25, -0.2) is 0 Å². The van der Waals surface area contributed by atoms with Crippen LogP contribution in [0.5, 0.6) is 0 Å². The predicted molar refractivity (Wildman–Crippen MR) is 270 cm³/mol. The van der Waals surface area contributed by atoms with Crippen LogP contribution in [0.15, 0.2) is 85.1 Å². The fraction of sp³-hybridized carbons (Fsp3) is 0.702. The summed E-state index contributed by atoms with van der Waals surface area (Å²) >= 11 is 0. The van der Waals surface area contributed by atoms with E-state index in [0.29, 0.717) is 12.8 Å². The molecular weight excluding hydrogens is 781 g/mol. The maximum atomic E-state index is 12.7. The van der Waals surface area contributed by atoms with Crippen molar-refractivity contribution >= 4 is 17.9 Å². The maximum Gasteiger partial charge on any atom is 0.309 e. The fourth-order valence-corrected chi connectivity index (χ4v) is 7.03. The number of ether oxygens (including phenoxy) is 3. The molecule has 0 amide bonds. The minimum atomic E-state index is -0.838. The van der Waals surface area contributed by atoms with Gasteiger partial charge in [0.15, 0.2) is 6.10 Å². The van der Waals surface area contributed by atoms with E-state index in [-0.39, 0.29) is 38.0 Å². The van der Waals surface area contributed by atoms with Crippen LogP contribution >= 0.6 is 0 Å². The van der Waals surface area contributed by atoms with E-state index < -0.39 is 12.1 Å². The molecule has 0 saturated carbocycles. The quantitative estimate of drug-likeness (QED) is 0.0262. The molecule has 0 N–H and O–H groups in total. The van der Waals surface area contributed by atoms with Gasteiger partial charge in [-0.15, -0.1) is 0 Å². The molecule has 0 aliphatic carbocycles. The first kappa shape index (κ1) is 59.6.